The number of hydrogen-bond acceptors (Lipinski definition) is 5. The quantitative estimate of drug-likeness (QED) is 0.670. The second-order valence-corrected chi connectivity index (χ2v) is 7.26. The third kappa shape index (κ3) is 4.20. The molecule has 0 aliphatic heterocycles. The standard InChI is InChI=1S/C18H18FN3O4S/c1-25-14-7-8-16(26-2)17(11-14)27(23,24)21-18-9-10-22(20-18)12-13-5-3-4-6-15(13)19/h3-11H,12H2,1-2H3,(H,20,21). The van der Waals surface area contributed by atoms with Gasteiger partial charge in [-0.25, -0.2) is 12.8 Å². The van der Waals surface area contributed by atoms with E-state index >= 15 is 0 Å². The van der Waals surface area contributed by atoms with Crippen molar-refractivity contribution in [1.82, 2.24) is 9.78 Å². The number of ether oxygens (including phenoxy) is 2. The molecule has 1 heterocycles. The third-order valence-electron chi connectivity index (χ3n) is 3.83. The van der Waals surface area contributed by atoms with Crippen LogP contribution < -0.4 is 14.2 Å². The number of methoxy groups -OCH3 is 2. The van der Waals surface area contributed by atoms with Gasteiger partial charge in [0.2, 0.25) is 0 Å². The van der Waals surface area contributed by atoms with Gasteiger partial charge in [-0.15, -0.1) is 0 Å². The predicted molar refractivity (Wildman–Crippen MR) is 98.1 cm³/mol. The molecule has 0 unspecified atom stereocenters. The molecule has 0 atom stereocenters. The lowest BCUT2D eigenvalue weighted by Gasteiger charge is -2.11. The molecule has 3 aromatic rings. The van der Waals surface area contributed by atoms with Gasteiger partial charge in [0.05, 0.1) is 20.8 Å². The van der Waals surface area contributed by atoms with Crippen LogP contribution in [0.15, 0.2) is 59.6 Å². The number of benzene rings is 2. The SMILES string of the molecule is COc1ccc(OC)c(S(=O)(=O)Nc2ccn(Cc3ccccc3F)n2)c1. The molecule has 142 valence electrons. The Morgan fingerprint density at radius 1 is 1.11 bits per heavy atom. The number of nitrogens with one attached hydrogen (secondary N) is 1. The summed E-state index contributed by atoms with van der Waals surface area (Å²) in [7, 11) is -1.14. The molecule has 27 heavy (non-hydrogen) atoms. The fourth-order valence-electron chi connectivity index (χ4n) is 2.49. The summed E-state index contributed by atoms with van der Waals surface area (Å²) in [5.41, 5.74) is 0.449. The minimum absolute atomic E-state index is 0.0759. The van der Waals surface area contributed by atoms with E-state index in [-0.39, 0.29) is 28.8 Å². The highest BCUT2D eigenvalue weighted by molar-refractivity contribution is 7.92. The van der Waals surface area contributed by atoms with Gasteiger partial charge in [0.15, 0.2) is 5.82 Å². The average molecular weight is 391 g/mol. The summed E-state index contributed by atoms with van der Waals surface area (Å²) in [5.74, 6) is 0.308. The van der Waals surface area contributed by atoms with Gasteiger partial charge in [-0.05, 0) is 18.2 Å². The fraction of sp³-hybridized carbons (Fsp3) is 0.167. The Bertz CT molecular complexity index is 1050. The van der Waals surface area contributed by atoms with Gasteiger partial charge >= 0.3 is 0 Å². The zero-order valence-corrected chi connectivity index (χ0v) is 15.5. The minimum atomic E-state index is -3.96. The first-order valence-corrected chi connectivity index (χ1v) is 9.43. The van der Waals surface area contributed by atoms with Crippen LogP contribution in [0.25, 0.3) is 0 Å². The molecule has 0 saturated heterocycles. The molecule has 0 radical (unpaired) electrons. The molecular formula is C18H18FN3O4S. The molecule has 0 saturated carbocycles. The van der Waals surface area contributed by atoms with Crippen molar-refractivity contribution in [1.29, 1.82) is 0 Å². The van der Waals surface area contributed by atoms with Crippen molar-refractivity contribution in [3.05, 3.63) is 66.1 Å². The number of sulfonamides is 1. The predicted octanol–water partition coefficient (Wildman–Crippen LogP) is 2.89. The largest absolute Gasteiger partial charge is 0.497 e. The van der Waals surface area contributed by atoms with E-state index in [2.05, 4.69) is 9.82 Å². The number of aromatic nitrogens is 2. The van der Waals surface area contributed by atoms with Crippen molar-refractivity contribution in [2.75, 3.05) is 18.9 Å². The van der Waals surface area contributed by atoms with Gasteiger partial charge in [-0.1, -0.05) is 18.2 Å². The first kappa shape index (κ1) is 18.7. The molecule has 0 aliphatic rings. The van der Waals surface area contributed by atoms with Crippen LogP contribution in [0.5, 0.6) is 11.5 Å². The highest BCUT2D eigenvalue weighted by Crippen LogP contribution is 2.29. The summed E-state index contributed by atoms with van der Waals surface area (Å²) >= 11 is 0. The molecule has 1 N–H and O–H groups in total. The van der Waals surface area contributed by atoms with Gasteiger partial charge in [0.25, 0.3) is 10.0 Å². The van der Waals surface area contributed by atoms with Crippen molar-refractivity contribution >= 4 is 15.8 Å². The molecule has 2 aromatic carbocycles. The van der Waals surface area contributed by atoms with Crippen molar-refractivity contribution in [2.24, 2.45) is 0 Å². The van der Waals surface area contributed by atoms with Crippen molar-refractivity contribution in [3.63, 3.8) is 0 Å². The molecule has 1 aromatic heterocycles. The summed E-state index contributed by atoms with van der Waals surface area (Å²) in [6.07, 6.45) is 1.56. The zero-order chi connectivity index (χ0) is 19.4. The maximum atomic E-state index is 13.8. The van der Waals surface area contributed by atoms with E-state index < -0.39 is 10.0 Å². The molecule has 3 rings (SSSR count). The molecule has 0 fully saturated rings. The van der Waals surface area contributed by atoms with E-state index in [1.54, 1.807) is 30.5 Å². The van der Waals surface area contributed by atoms with Crippen LogP contribution in [0.1, 0.15) is 5.56 Å². The van der Waals surface area contributed by atoms with Crippen LogP contribution in [-0.4, -0.2) is 32.4 Å². The van der Waals surface area contributed by atoms with E-state index in [0.717, 1.165) is 0 Å². The fourth-order valence-corrected chi connectivity index (χ4v) is 3.67. The van der Waals surface area contributed by atoms with Crippen LogP contribution in [0, 0.1) is 5.82 Å². The Balaban J connectivity index is 1.83. The van der Waals surface area contributed by atoms with Crippen LogP contribution in [0.4, 0.5) is 10.2 Å². The Morgan fingerprint density at radius 2 is 1.89 bits per heavy atom. The van der Waals surface area contributed by atoms with E-state index in [1.807, 2.05) is 0 Å². The third-order valence-corrected chi connectivity index (χ3v) is 5.21. The van der Waals surface area contributed by atoms with E-state index in [9.17, 15) is 12.8 Å². The zero-order valence-electron chi connectivity index (χ0n) is 14.7. The summed E-state index contributed by atoms with van der Waals surface area (Å²) in [6.45, 7) is 0.177. The second-order valence-electron chi connectivity index (χ2n) is 5.61. The lowest BCUT2D eigenvalue weighted by molar-refractivity contribution is 0.392. The summed E-state index contributed by atoms with van der Waals surface area (Å²) < 4.78 is 53.2. The van der Waals surface area contributed by atoms with Gasteiger partial charge in [-0.3, -0.25) is 9.40 Å². The number of halogens is 1. The van der Waals surface area contributed by atoms with Crippen molar-refractivity contribution < 1.29 is 22.3 Å². The van der Waals surface area contributed by atoms with Crippen LogP contribution in [-0.2, 0) is 16.6 Å². The lowest BCUT2D eigenvalue weighted by Crippen LogP contribution is -2.15. The maximum absolute atomic E-state index is 13.8. The van der Waals surface area contributed by atoms with Crippen LogP contribution in [0.2, 0.25) is 0 Å². The Labute approximate surface area is 156 Å². The van der Waals surface area contributed by atoms with E-state index in [1.165, 1.54) is 43.2 Å². The normalized spacial score (nSPS) is 11.2. The maximum Gasteiger partial charge on any atom is 0.266 e. The van der Waals surface area contributed by atoms with Gasteiger partial charge in [0.1, 0.15) is 22.2 Å². The molecule has 0 spiro atoms. The van der Waals surface area contributed by atoms with Crippen molar-refractivity contribution in [2.45, 2.75) is 11.4 Å². The minimum Gasteiger partial charge on any atom is -0.497 e. The van der Waals surface area contributed by atoms with Crippen LogP contribution in [0.3, 0.4) is 0 Å². The monoisotopic (exact) mass is 391 g/mol. The highest BCUT2D eigenvalue weighted by atomic mass is 32.2. The smallest absolute Gasteiger partial charge is 0.266 e. The Kier molecular flexibility index (Phi) is 5.31. The van der Waals surface area contributed by atoms with Crippen molar-refractivity contribution in [3.8, 4) is 11.5 Å². The van der Waals surface area contributed by atoms with E-state index in [0.29, 0.717) is 11.3 Å². The van der Waals surface area contributed by atoms with Gasteiger partial charge in [-0.2, -0.15) is 5.10 Å². The topological polar surface area (TPSA) is 82.5 Å². The Hall–Kier alpha value is -3.07. The number of hydrogen-bond donors (Lipinski definition) is 1. The summed E-state index contributed by atoms with van der Waals surface area (Å²) in [5, 5.41) is 4.14. The van der Waals surface area contributed by atoms with Gasteiger partial charge < -0.3 is 9.47 Å². The summed E-state index contributed by atoms with van der Waals surface area (Å²) in [6, 6.07) is 12.3. The number of rotatable bonds is 7. The molecule has 9 heteroatoms. The molecule has 0 bridgehead atoms. The first-order valence-electron chi connectivity index (χ1n) is 7.94. The van der Waals surface area contributed by atoms with Crippen LogP contribution >= 0.6 is 0 Å². The average Bonchev–Trinajstić information content (AvgIpc) is 3.09. The summed E-state index contributed by atoms with van der Waals surface area (Å²) in [4.78, 5) is -0.0759. The molecule has 0 amide bonds. The van der Waals surface area contributed by atoms with E-state index in [4.69, 9.17) is 9.47 Å². The molecular weight excluding hydrogens is 373 g/mol. The second kappa shape index (κ2) is 7.67. The number of anilines is 1. The van der Waals surface area contributed by atoms with Gasteiger partial charge in [0, 0.05) is 23.9 Å². The molecule has 7 nitrogen and oxygen atoms in total. The first-order chi connectivity index (χ1) is 12.9. The highest BCUT2D eigenvalue weighted by Gasteiger charge is 2.21. The Morgan fingerprint density at radius 3 is 2.59 bits per heavy atom. The molecule has 0 aliphatic carbocycles. The lowest BCUT2D eigenvalue weighted by atomic mass is 10.2. The number of nitrogens with zero attached hydrogens (tertiary/aromatic N) is 2.